The van der Waals surface area contributed by atoms with Crippen molar-refractivity contribution in [1.82, 2.24) is 0 Å². The lowest BCUT2D eigenvalue weighted by molar-refractivity contribution is 0.598. The lowest BCUT2D eigenvalue weighted by Crippen LogP contribution is -2.26. The van der Waals surface area contributed by atoms with E-state index in [1.165, 1.54) is 5.56 Å². The first-order valence-electron chi connectivity index (χ1n) is 8.37. The molecule has 24 heavy (non-hydrogen) atoms. The van der Waals surface area contributed by atoms with Crippen LogP contribution < -0.4 is 5.73 Å². The lowest BCUT2D eigenvalue weighted by Gasteiger charge is -2.23. The molecule has 0 aromatic heterocycles. The maximum atomic E-state index is 6.26. The summed E-state index contributed by atoms with van der Waals surface area (Å²) in [7, 11) is 1.75. The van der Waals surface area contributed by atoms with Crippen LogP contribution in [-0.4, -0.2) is 18.7 Å². The highest BCUT2D eigenvalue weighted by Gasteiger charge is 2.20. The molecule has 2 N–H and O–H groups in total. The molecule has 0 amide bonds. The second-order valence-corrected chi connectivity index (χ2v) is 6.04. The minimum absolute atomic E-state index is 0.186. The molecule has 3 nitrogen and oxygen atoms in total. The van der Waals surface area contributed by atoms with E-state index >= 15 is 0 Å². The van der Waals surface area contributed by atoms with Gasteiger partial charge in [-0.3, -0.25) is 4.99 Å². The molecule has 0 saturated heterocycles. The van der Waals surface area contributed by atoms with Crippen LogP contribution in [0.1, 0.15) is 29.9 Å². The molecule has 2 atom stereocenters. The third kappa shape index (κ3) is 3.80. The van der Waals surface area contributed by atoms with Gasteiger partial charge in [-0.25, -0.2) is 4.99 Å². The lowest BCUT2D eigenvalue weighted by atomic mass is 9.84. The van der Waals surface area contributed by atoms with E-state index in [0.29, 0.717) is 17.6 Å². The third-order valence-electron chi connectivity index (χ3n) is 4.45. The fourth-order valence-electron chi connectivity index (χ4n) is 3.08. The number of nitrogens with zero attached hydrogens (tertiary/aromatic N) is 2. The summed E-state index contributed by atoms with van der Waals surface area (Å²) in [5.74, 6) is 1.99. The molecular weight excluding hydrogens is 294 g/mol. The van der Waals surface area contributed by atoms with Crippen LogP contribution in [-0.2, 0) is 0 Å². The first-order valence-corrected chi connectivity index (χ1v) is 8.37. The predicted molar refractivity (Wildman–Crippen MR) is 102 cm³/mol. The molecular formula is C21H23N3. The largest absolute Gasteiger partial charge is 0.387 e. The maximum absolute atomic E-state index is 6.26. The van der Waals surface area contributed by atoms with Crippen LogP contribution in [0.2, 0.25) is 0 Å². The minimum Gasteiger partial charge on any atom is -0.387 e. The average molecular weight is 317 g/mol. The summed E-state index contributed by atoms with van der Waals surface area (Å²) in [5, 5.41) is 0. The SMILES string of the molecule is CN=C(N=C(N)C1C=CC(c2ccccc2)CC1)c1ccccc1. The van der Waals surface area contributed by atoms with Gasteiger partial charge in [-0.2, -0.15) is 0 Å². The van der Waals surface area contributed by atoms with E-state index in [9.17, 15) is 0 Å². The van der Waals surface area contributed by atoms with Gasteiger partial charge in [-0.05, 0) is 18.4 Å². The summed E-state index contributed by atoms with van der Waals surface area (Å²) < 4.78 is 0. The Morgan fingerprint density at radius 1 is 0.917 bits per heavy atom. The van der Waals surface area contributed by atoms with Crippen molar-refractivity contribution in [2.45, 2.75) is 18.8 Å². The Morgan fingerprint density at radius 3 is 2.17 bits per heavy atom. The molecule has 0 fully saturated rings. The van der Waals surface area contributed by atoms with Crippen LogP contribution in [0, 0.1) is 5.92 Å². The second kappa shape index (κ2) is 7.73. The second-order valence-electron chi connectivity index (χ2n) is 6.04. The number of nitrogens with two attached hydrogens (primary N) is 1. The van der Waals surface area contributed by atoms with E-state index in [2.05, 4.69) is 52.5 Å². The Hall–Kier alpha value is -2.68. The highest BCUT2D eigenvalue weighted by Crippen LogP contribution is 2.30. The third-order valence-corrected chi connectivity index (χ3v) is 4.45. The Labute approximate surface area is 143 Å². The van der Waals surface area contributed by atoms with Crippen molar-refractivity contribution in [1.29, 1.82) is 0 Å². The monoisotopic (exact) mass is 317 g/mol. The standard InChI is InChI=1S/C21H23N3/c1-23-21(19-10-6-3-7-11-19)24-20(22)18-14-12-17(13-15-18)16-8-4-2-5-9-16/h2-12,14,17-18H,13,15H2,1H3,(H2,22,23,24). The van der Waals surface area contributed by atoms with Crippen LogP contribution in [0.5, 0.6) is 0 Å². The number of rotatable bonds is 3. The molecule has 0 radical (unpaired) electrons. The van der Waals surface area contributed by atoms with E-state index < -0.39 is 0 Å². The number of hydrogen-bond donors (Lipinski definition) is 1. The van der Waals surface area contributed by atoms with Crippen LogP contribution in [0.25, 0.3) is 0 Å². The quantitative estimate of drug-likeness (QED) is 0.515. The molecule has 0 spiro atoms. The zero-order chi connectivity index (χ0) is 16.8. The van der Waals surface area contributed by atoms with Crippen LogP contribution in [0.4, 0.5) is 0 Å². The summed E-state index contributed by atoms with van der Waals surface area (Å²) in [6, 6.07) is 20.6. The van der Waals surface area contributed by atoms with Crippen molar-refractivity contribution in [3.63, 3.8) is 0 Å². The summed E-state index contributed by atoms with van der Waals surface area (Å²) in [6.45, 7) is 0. The molecule has 2 unspecified atom stereocenters. The molecule has 122 valence electrons. The Morgan fingerprint density at radius 2 is 1.58 bits per heavy atom. The molecule has 0 aliphatic heterocycles. The normalized spacial score (nSPS) is 21.7. The molecule has 1 aliphatic carbocycles. The van der Waals surface area contributed by atoms with Gasteiger partial charge in [0.1, 0.15) is 5.84 Å². The first kappa shape index (κ1) is 16.2. The molecule has 3 rings (SSSR count). The van der Waals surface area contributed by atoms with E-state index in [-0.39, 0.29) is 5.92 Å². The minimum atomic E-state index is 0.186. The van der Waals surface area contributed by atoms with Gasteiger partial charge >= 0.3 is 0 Å². The smallest absolute Gasteiger partial charge is 0.156 e. The number of benzene rings is 2. The topological polar surface area (TPSA) is 50.7 Å². The Bertz CT molecular complexity index is 745. The van der Waals surface area contributed by atoms with Crippen molar-refractivity contribution >= 4 is 11.7 Å². The fourth-order valence-corrected chi connectivity index (χ4v) is 3.08. The summed E-state index contributed by atoms with van der Waals surface area (Å²) in [5.41, 5.74) is 8.62. The number of allylic oxidation sites excluding steroid dienone is 1. The maximum Gasteiger partial charge on any atom is 0.156 e. The summed E-state index contributed by atoms with van der Waals surface area (Å²) >= 11 is 0. The van der Waals surface area contributed by atoms with Gasteiger partial charge in [0.15, 0.2) is 5.84 Å². The van der Waals surface area contributed by atoms with Gasteiger partial charge in [0, 0.05) is 24.4 Å². The summed E-state index contributed by atoms with van der Waals surface area (Å²) in [6.07, 6.45) is 6.55. The molecule has 0 heterocycles. The first-order chi connectivity index (χ1) is 11.8. The van der Waals surface area contributed by atoms with Gasteiger partial charge in [0.05, 0.1) is 0 Å². The predicted octanol–water partition coefficient (Wildman–Crippen LogP) is 4.17. The Kier molecular flexibility index (Phi) is 5.22. The van der Waals surface area contributed by atoms with Gasteiger partial charge in [0.25, 0.3) is 0 Å². The average Bonchev–Trinajstić information content (AvgIpc) is 2.67. The van der Waals surface area contributed by atoms with E-state index in [0.717, 1.165) is 18.4 Å². The zero-order valence-corrected chi connectivity index (χ0v) is 14.0. The van der Waals surface area contributed by atoms with E-state index in [1.54, 1.807) is 7.05 Å². The van der Waals surface area contributed by atoms with Crippen molar-refractivity contribution in [3.8, 4) is 0 Å². The van der Waals surface area contributed by atoms with Gasteiger partial charge in [0.2, 0.25) is 0 Å². The van der Waals surface area contributed by atoms with Crippen molar-refractivity contribution in [2.75, 3.05) is 7.05 Å². The van der Waals surface area contributed by atoms with E-state index in [1.807, 2.05) is 30.3 Å². The number of hydrogen-bond acceptors (Lipinski definition) is 1. The van der Waals surface area contributed by atoms with Crippen molar-refractivity contribution < 1.29 is 0 Å². The Balaban J connectivity index is 1.73. The van der Waals surface area contributed by atoms with Crippen molar-refractivity contribution in [2.24, 2.45) is 21.6 Å². The van der Waals surface area contributed by atoms with Crippen LogP contribution in [0.3, 0.4) is 0 Å². The van der Waals surface area contributed by atoms with Gasteiger partial charge < -0.3 is 5.73 Å². The molecule has 0 bridgehead atoms. The molecule has 3 heteroatoms. The highest BCUT2D eigenvalue weighted by molar-refractivity contribution is 6.06. The van der Waals surface area contributed by atoms with Gasteiger partial charge in [-0.15, -0.1) is 0 Å². The zero-order valence-electron chi connectivity index (χ0n) is 14.0. The molecule has 2 aromatic rings. The van der Waals surface area contributed by atoms with Crippen LogP contribution >= 0.6 is 0 Å². The molecule has 0 saturated carbocycles. The van der Waals surface area contributed by atoms with Crippen molar-refractivity contribution in [3.05, 3.63) is 83.9 Å². The number of amidine groups is 2. The van der Waals surface area contributed by atoms with Crippen LogP contribution in [0.15, 0.2) is 82.8 Å². The molecule has 1 aliphatic rings. The molecule has 2 aromatic carbocycles. The highest BCUT2D eigenvalue weighted by atomic mass is 15.0. The fraction of sp³-hybridized carbons (Fsp3) is 0.238. The van der Waals surface area contributed by atoms with E-state index in [4.69, 9.17) is 5.73 Å². The number of aliphatic imine (C=N–C) groups is 2. The van der Waals surface area contributed by atoms with Gasteiger partial charge in [-0.1, -0.05) is 72.8 Å². The summed E-state index contributed by atoms with van der Waals surface area (Å²) in [4.78, 5) is 8.86.